The van der Waals surface area contributed by atoms with E-state index in [4.69, 9.17) is 4.74 Å². The van der Waals surface area contributed by atoms with Crippen molar-refractivity contribution in [1.29, 1.82) is 0 Å². The van der Waals surface area contributed by atoms with Crippen LogP contribution in [0.15, 0.2) is 48.5 Å². The van der Waals surface area contributed by atoms with Crippen molar-refractivity contribution in [3.8, 4) is 5.75 Å². The highest BCUT2D eigenvalue weighted by atomic mass is 16.5. The van der Waals surface area contributed by atoms with E-state index in [9.17, 15) is 9.90 Å². The fourth-order valence-corrected chi connectivity index (χ4v) is 2.16. The van der Waals surface area contributed by atoms with Crippen LogP contribution in [0.25, 0.3) is 0 Å². The summed E-state index contributed by atoms with van der Waals surface area (Å²) in [6.45, 7) is 3.60. The van der Waals surface area contributed by atoms with Crippen molar-refractivity contribution in [3.05, 3.63) is 59.7 Å². The van der Waals surface area contributed by atoms with E-state index in [0.29, 0.717) is 11.3 Å². The summed E-state index contributed by atoms with van der Waals surface area (Å²) in [7, 11) is 1.58. The molecule has 110 valence electrons. The highest BCUT2D eigenvalue weighted by Gasteiger charge is 2.35. The van der Waals surface area contributed by atoms with Gasteiger partial charge in [-0.15, -0.1) is 0 Å². The molecule has 0 aliphatic carbocycles. The molecule has 1 atom stereocenters. The monoisotopic (exact) mass is 285 g/mol. The number of hydrogen-bond donors (Lipinski definition) is 2. The van der Waals surface area contributed by atoms with Crippen LogP contribution >= 0.6 is 0 Å². The SMILES string of the molecule is COc1ccc(C(C)(Nc2ccccc2C)C(=O)O)cc1. The quantitative estimate of drug-likeness (QED) is 0.883. The molecule has 0 amide bonds. The Morgan fingerprint density at radius 1 is 1.14 bits per heavy atom. The second-order valence-electron chi connectivity index (χ2n) is 5.10. The molecule has 4 heteroatoms. The molecule has 0 aromatic heterocycles. The van der Waals surface area contributed by atoms with Gasteiger partial charge in [0, 0.05) is 5.69 Å². The molecule has 21 heavy (non-hydrogen) atoms. The van der Waals surface area contributed by atoms with Gasteiger partial charge in [0.1, 0.15) is 5.75 Å². The predicted octanol–water partition coefficient (Wildman–Crippen LogP) is 3.42. The van der Waals surface area contributed by atoms with Crippen LogP contribution in [0, 0.1) is 6.92 Å². The Morgan fingerprint density at radius 3 is 2.29 bits per heavy atom. The summed E-state index contributed by atoms with van der Waals surface area (Å²) in [4.78, 5) is 11.8. The van der Waals surface area contributed by atoms with E-state index in [1.807, 2.05) is 31.2 Å². The van der Waals surface area contributed by atoms with Crippen molar-refractivity contribution in [1.82, 2.24) is 0 Å². The zero-order valence-electron chi connectivity index (χ0n) is 12.4. The van der Waals surface area contributed by atoms with Crippen LogP contribution in [-0.2, 0) is 10.3 Å². The Labute approximate surface area is 124 Å². The maximum absolute atomic E-state index is 11.8. The van der Waals surface area contributed by atoms with Gasteiger partial charge in [-0.05, 0) is 43.2 Å². The number of carboxylic acids is 1. The standard InChI is InChI=1S/C17H19NO3/c1-12-6-4-5-7-15(12)18-17(2,16(19)20)13-8-10-14(21-3)11-9-13/h4-11,18H,1-3H3,(H,19,20). The average molecular weight is 285 g/mol. The second kappa shape index (κ2) is 5.87. The topological polar surface area (TPSA) is 58.6 Å². The van der Waals surface area contributed by atoms with E-state index in [2.05, 4.69) is 5.32 Å². The third-order valence-electron chi connectivity index (χ3n) is 3.62. The molecule has 0 aliphatic heterocycles. The number of ether oxygens (including phenoxy) is 1. The lowest BCUT2D eigenvalue weighted by Gasteiger charge is -2.29. The van der Waals surface area contributed by atoms with Gasteiger partial charge in [-0.25, -0.2) is 4.79 Å². The van der Waals surface area contributed by atoms with E-state index in [0.717, 1.165) is 11.3 Å². The van der Waals surface area contributed by atoms with Gasteiger partial charge in [0.05, 0.1) is 7.11 Å². The van der Waals surface area contributed by atoms with Gasteiger partial charge < -0.3 is 15.2 Å². The zero-order valence-corrected chi connectivity index (χ0v) is 12.4. The summed E-state index contributed by atoms with van der Waals surface area (Å²) in [5.41, 5.74) is 1.26. The number of aliphatic carboxylic acids is 1. The van der Waals surface area contributed by atoms with Crippen LogP contribution in [0.1, 0.15) is 18.1 Å². The van der Waals surface area contributed by atoms with Gasteiger partial charge in [-0.2, -0.15) is 0 Å². The number of anilines is 1. The highest BCUT2D eigenvalue weighted by molar-refractivity contribution is 5.84. The van der Waals surface area contributed by atoms with Crippen molar-refractivity contribution in [2.45, 2.75) is 19.4 Å². The molecule has 0 spiro atoms. The molecular formula is C17H19NO3. The van der Waals surface area contributed by atoms with E-state index in [1.54, 1.807) is 38.3 Å². The van der Waals surface area contributed by atoms with Crippen molar-refractivity contribution in [2.24, 2.45) is 0 Å². The van der Waals surface area contributed by atoms with Crippen molar-refractivity contribution in [3.63, 3.8) is 0 Å². The highest BCUT2D eigenvalue weighted by Crippen LogP contribution is 2.29. The van der Waals surface area contributed by atoms with Crippen LogP contribution in [-0.4, -0.2) is 18.2 Å². The minimum absolute atomic E-state index is 0.666. The van der Waals surface area contributed by atoms with E-state index in [1.165, 1.54) is 0 Å². The molecule has 2 rings (SSSR count). The first-order valence-electron chi connectivity index (χ1n) is 6.69. The first-order chi connectivity index (χ1) is 9.97. The van der Waals surface area contributed by atoms with Gasteiger partial charge in [-0.1, -0.05) is 30.3 Å². The number of carbonyl (C=O) groups is 1. The summed E-state index contributed by atoms with van der Waals surface area (Å²) in [6, 6.07) is 14.7. The van der Waals surface area contributed by atoms with Crippen molar-refractivity contribution >= 4 is 11.7 Å². The van der Waals surface area contributed by atoms with Crippen molar-refractivity contribution < 1.29 is 14.6 Å². The van der Waals surface area contributed by atoms with Gasteiger partial charge in [0.25, 0.3) is 0 Å². The number of nitrogens with one attached hydrogen (secondary N) is 1. The van der Waals surface area contributed by atoms with Crippen LogP contribution in [0.5, 0.6) is 5.75 Å². The fourth-order valence-electron chi connectivity index (χ4n) is 2.16. The molecule has 0 aliphatic rings. The molecule has 2 N–H and O–H groups in total. The van der Waals surface area contributed by atoms with Crippen LogP contribution < -0.4 is 10.1 Å². The van der Waals surface area contributed by atoms with Crippen molar-refractivity contribution in [2.75, 3.05) is 12.4 Å². The second-order valence-corrected chi connectivity index (χ2v) is 5.10. The first kappa shape index (κ1) is 14.9. The third kappa shape index (κ3) is 2.99. The smallest absolute Gasteiger partial charge is 0.333 e. The number of methoxy groups -OCH3 is 1. The fraction of sp³-hybridized carbons (Fsp3) is 0.235. The lowest BCUT2D eigenvalue weighted by atomic mass is 9.91. The number of rotatable bonds is 5. The molecule has 0 heterocycles. The number of hydrogen-bond acceptors (Lipinski definition) is 3. The first-order valence-corrected chi connectivity index (χ1v) is 6.69. The molecule has 4 nitrogen and oxygen atoms in total. The molecule has 2 aromatic carbocycles. The summed E-state index contributed by atoms with van der Waals surface area (Å²) < 4.78 is 5.11. The minimum atomic E-state index is -1.21. The normalized spacial score (nSPS) is 13.3. The summed E-state index contributed by atoms with van der Waals surface area (Å²) >= 11 is 0. The van der Waals surface area contributed by atoms with Gasteiger partial charge in [0.15, 0.2) is 5.54 Å². The lowest BCUT2D eigenvalue weighted by molar-refractivity contribution is -0.142. The summed E-state index contributed by atoms with van der Waals surface area (Å²) in [6.07, 6.45) is 0. The van der Waals surface area contributed by atoms with Gasteiger partial charge in [-0.3, -0.25) is 0 Å². The molecule has 2 aromatic rings. The number of carboxylic acid groups (broad SMARTS) is 1. The molecule has 0 fully saturated rings. The molecule has 0 radical (unpaired) electrons. The van der Waals surface area contributed by atoms with E-state index < -0.39 is 11.5 Å². The third-order valence-corrected chi connectivity index (χ3v) is 3.62. The summed E-state index contributed by atoms with van der Waals surface area (Å²) in [5, 5.41) is 12.8. The van der Waals surface area contributed by atoms with E-state index >= 15 is 0 Å². The molecule has 0 saturated heterocycles. The average Bonchev–Trinajstić information content (AvgIpc) is 2.49. The molecule has 1 unspecified atom stereocenters. The maximum atomic E-state index is 11.8. The lowest BCUT2D eigenvalue weighted by Crippen LogP contribution is -2.40. The Hall–Kier alpha value is -2.49. The van der Waals surface area contributed by atoms with Gasteiger partial charge >= 0.3 is 5.97 Å². The van der Waals surface area contributed by atoms with Crippen LogP contribution in [0.4, 0.5) is 5.69 Å². The Morgan fingerprint density at radius 2 is 1.76 bits per heavy atom. The molecule has 0 saturated carbocycles. The number of benzene rings is 2. The minimum Gasteiger partial charge on any atom is -0.497 e. The maximum Gasteiger partial charge on any atom is 0.333 e. The van der Waals surface area contributed by atoms with E-state index in [-0.39, 0.29) is 0 Å². The molecule has 0 bridgehead atoms. The van der Waals surface area contributed by atoms with Crippen LogP contribution in [0.3, 0.4) is 0 Å². The van der Waals surface area contributed by atoms with Gasteiger partial charge in [0.2, 0.25) is 0 Å². The largest absolute Gasteiger partial charge is 0.497 e. The zero-order chi connectivity index (χ0) is 15.5. The Kier molecular flexibility index (Phi) is 4.17. The summed E-state index contributed by atoms with van der Waals surface area (Å²) in [5.74, 6) is -0.238. The Balaban J connectivity index is 2.40. The molecular weight excluding hydrogens is 266 g/mol. The Bertz CT molecular complexity index is 637. The number of aryl methyl sites for hydroxylation is 1. The van der Waals surface area contributed by atoms with Crippen LogP contribution in [0.2, 0.25) is 0 Å². The number of para-hydroxylation sites is 1. The predicted molar refractivity (Wildman–Crippen MR) is 82.8 cm³/mol.